The van der Waals surface area contributed by atoms with Crippen LogP contribution in [0.3, 0.4) is 0 Å². The van der Waals surface area contributed by atoms with E-state index in [0.717, 1.165) is 6.42 Å². The van der Waals surface area contributed by atoms with Crippen LogP contribution in [0.2, 0.25) is 0 Å². The van der Waals surface area contributed by atoms with Crippen molar-refractivity contribution in [2.45, 2.75) is 46.2 Å². The lowest BCUT2D eigenvalue weighted by molar-refractivity contribution is 0.417. The molecule has 0 aliphatic heterocycles. The fraction of sp³-hybridized carbons (Fsp3) is 0.750. The lowest BCUT2D eigenvalue weighted by Gasteiger charge is -2.18. The SMILES string of the molecule is CNC(Cc1ccn(C(C)C)n1)C(C)C. The lowest BCUT2D eigenvalue weighted by atomic mass is 10.00. The van der Waals surface area contributed by atoms with Gasteiger partial charge in [0, 0.05) is 24.7 Å². The van der Waals surface area contributed by atoms with Gasteiger partial charge in [0.05, 0.1) is 5.69 Å². The Morgan fingerprint density at radius 1 is 1.33 bits per heavy atom. The van der Waals surface area contributed by atoms with Crippen LogP contribution in [0.4, 0.5) is 0 Å². The summed E-state index contributed by atoms with van der Waals surface area (Å²) in [7, 11) is 2.02. The number of nitrogens with one attached hydrogen (secondary N) is 1. The summed E-state index contributed by atoms with van der Waals surface area (Å²) in [5.74, 6) is 0.638. The topological polar surface area (TPSA) is 29.9 Å². The van der Waals surface area contributed by atoms with Crippen molar-refractivity contribution in [3.05, 3.63) is 18.0 Å². The molecular formula is C12H23N3. The zero-order valence-electron chi connectivity index (χ0n) is 10.5. The van der Waals surface area contributed by atoms with Crippen molar-refractivity contribution < 1.29 is 0 Å². The zero-order valence-corrected chi connectivity index (χ0v) is 10.5. The summed E-state index contributed by atoms with van der Waals surface area (Å²) in [5, 5.41) is 7.90. The van der Waals surface area contributed by atoms with Crippen molar-refractivity contribution in [2.24, 2.45) is 5.92 Å². The minimum absolute atomic E-state index is 0.450. The van der Waals surface area contributed by atoms with Gasteiger partial charge in [-0.25, -0.2) is 0 Å². The number of nitrogens with zero attached hydrogens (tertiary/aromatic N) is 2. The largest absolute Gasteiger partial charge is 0.316 e. The fourth-order valence-electron chi connectivity index (χ4n) is 1.67. The van der Waals surface area contributed by atoms with Crippen LogP contribution in [-0.4, -0.2) is 22.9 Å². The van der Waals surface area contributed by atoms with Crippen molar-refractivity contribution in [3.63, 3.8) is 0 Å². The molecule has 15 heavy (non-hydrogen) atoms. The Balaban J connectivity index is 2.63. The smallest absolute Gasteiger partial charge is 0.0640 e. The van der Waals surface area contributed by atoms with E-state index in [1.54, 1.807) is 0 Å². The quantitative estimate of drug-likeness (QED) is 0.806. The Morgan fingerprint density at radius 2 is 2.00 bits per heavy atom. The molecule has 3 heteroatoms. The highest BCUT2D eigenvalue weighted by atomic mass is 15.3. The molecule has 86 valence electrons. The Kier molecular flexibility index (Phi) is 4.33. The molecule has 1 aromatic heterocycles. The Morgan fingerprint density at radius 3 is 2.40 bits per heavy atom. The molecule has 1 rings (SSSR count). The predicted molar refractivity (Wildman–Crippen MR) is 64.0 cm³/mol. The lowest BCUT2D eigenvalue weighted by Crippen LogP contribution is -2.32. The summed E-state index contributed by atoms with van der Waals surface area (Å²) in [4.78, 5) is 0. The van der Waals surface area contributed by atoms with Crippen LogP contribution >= 0.6 is 0 Å². The monoisotopic (exact) mass is 209 g/mol. The van der Waals surface area contributed by atoms with Gasteiger partial charge < -0.3 is 5.32 Å². The second-order valence-electron chi connectivity index (χ2n) is 4.72. The average Bonchev–Trinajstić information content (AvgIpc) is 2.61. The van der Waals surface area contributed by atoms with Gasteiger partial charge in [-0.3, -0.25) is 4.68 Å². The van der Waals surface area contributed by atoms with Crippen molar-refractivity contribution in [3.8, 4) is 0 Å². The first-order valence-electron chi connectivity index (χ1n) is 5.76. The van der Waals surface area contributed by atoms with Crippen LogP contribution in [0.5, 0.6) is 0 Å². The molecule has 0 saturated carbocycles. The highest BCUT2D eigenvalue weighted by Crippen LogP contribution is 2.10. The maximum absolute atomic E-state index is 4.56. The third-order valence-electron chi connectivity index (χ3n) is 2.80. The molecule has 0 aliphatic rings. The molecule has 0 aromatic carbocycles. The van der Waals surface area contributed by atoms with Gasteiger partial charge >= 0.3 is 0 Å². The maximum atomic E-state index is 4.56. The normalized spacial score (nSPS) is 13.8. The molecule has 1 heterocycles. The number of hydrogen-bond acceptors (Lipinski definition) is 2. The first-order chi connectivity index (χ1) is 7.04. The van der Waals surface area contributed by atoms with E-state index in [0.29, 0.717) is 18.0 Å². The number of likely N-dealkylation sites (N-methyl/N-ethyl adjacent to an activating group) is 1. The molecule has 0 spiro atoms. The van der Waals surface area contributed by atoms with E-state index in [9.17, 15) is 0 Å². The molecule has 3 nitrogen and oxygen atoms in total. The highest BCUT2D eigenvalue weighted by molar-refractivity contribution is 5.02. The predicted octanol–water partition coefficient (Wildman–Crippen LogP) is 2.25. The first kappa shape index (κ1) is 12.2. The summed E-state index contributed by atoms with van der Waals surface area (Å²) in [6, 6.07) is 3.08. The van der Waals surface area contributed by atoms with Gasteiger partial charge in [-0.05, 0) is 32.9 Å². The van der Waals surface area contributed by atoms with Crippen LogP contribution < -0.4 is 5.32 Å². The van der Waals surface area contributed by atoms with Crippen LogP contribution in [0.1, 0.15) is 39.4 Å². The Labute approximate surface area is 92.9 Å². The Hall–Kier alpha value is -0.830. The van der Waals surface area contributed by atoms with E-state index in [1.807, 2.05) is 11.7 Å². The molecule has 0 aliphatic carbocycles. The molecular weight excluding hydrogens is 186 g/mol. The van der Waals surface area contributed by atoms with Crippen molar-refractivity contribution >= 4 is 0 Å². The zero-order chi connectivity index (χ0) is 11.4. The first-order valence-corrected chi connectivity index (χ1v) is 5.76. The molecule has 1 N–H and O–H groups in total. The van der Waals surface area contributed by atoms with Crippen molar-refractivity contribution in [1.29, 1.82) is 0 Å². The minimum Gasteiger partial charge on any atom is -0.316 e. The van der Waals surface area contributed by atoms with Gasteiger partial charge in [-0.15, -0.1) is 0 Å². The summed E-state index contributed by atoms with van der Waals surface area (Å²) in [6.45, 7) is 8.77. The second kappa shape index (κ2) is 5.31. The third kappa shape index (κ3) is 3.34. The number of aromatic nitrogens is 2. The van der Waals surface area contributed by atoms with Crippen LogP contribution in [-0.2, 0) is 6.42 Å². The highest BCUT2D eigenvalue weighted by Gasteiger charge is 2.13. The molecule has 0 bridgehead atoms. The maximum Gasteiger partial charge on any atom is 0.0640 e. The minimum atomic E-state index is 0.450. The summed E-state index contributed by atoms with van der Waals surface area (Å²) >= 11 is 0. The number of rotatable bonds is 5. The van der Waals surface area contributed by atoms with E-state index in [2.05, 4.69) is 50.4 Å². The van der Waals surface area contributed by atoms with Crippen LogP contribution in [0.15, 0.2) is 12.3 Å². The van der Waals surface area contributed by atoms with Gasteiger partial charge in [0.1, 0.15) is 0 Å². The van der Waals surface area contributed by atoms with E-state index >= 15 is 0 Å². The van der Waals surface area contributed by atoms with Gasteiger partial charge in [0.2, 0.25) is 0 Å². The molecule has 0 radical (unpaired) electrons. The molecule has 1 unspecified atom stereocenters. The Bertz CT molecular complexity index is 289. The van der Waals surface area contributed by atoms with E-state index in [-0.39, 0.29) is 0 Å². The third-order valence-corrected chi connectivity index (χ3v) is 2.80. The molecule has 0 fully saturated rings. The average molecular weight is 209 g/mol. The van der Waals surface area contributed by atoms with Gasteiger partial charge in [0.25, 0.3) is 0 Å². The summed E-state index contributed by atoms with van der Waals surface area (Å²) < 4.78 is 2.02. The summed E-state index contributed by atoms with van der Waals surface area (Å²) in [6.07, 6.45) is 3.07. The number of hydrogen-bond donors (Lipinski definition) is 1. The molecule has 1 atom stereocenters. The van der Waals surface area contributed by atoms with Gasteiger partial charge in [0.15, 0.2) is 0 Å². The van der Waals surface area contributed by atoms with Gasteiger partial charge in [-0.1, -0.05) is 13.8 Å². The van der Waals surface area contributed by atoms with Crippen molar-refractivity contribution in [1.82, 2.24) is 15.1 Å². The van der Waals surface area contributed by atoms with E-state index < -0.39 is 0 Å². The van der Waals surface area contributed by atoms with E-state index in [4.69, 9.17) is 0 Å². The molecule has 0 amide bonds. The van der Waals surface area contributed by atoms with Crippen molar-refractivity contribution in [2.75, 3.05) is 7.05 Å². The van der Waals surface area contributed by atoms with Gasteiger partial charge in [-0.2, -0.15) is 5.10 Å². The van der Waals surface area contributed by atoms with E-state index in [1.165, 1.54) is 5.69 Å². The van der Waals surface area contributed by atoms with Crippen LogP contribution in [0, 0.1) is 5.92 Å². The second-order valence-corrected chi connectivity index (χ2v) is 4.72. The standard InChI is InChI=1S/C12H23N3/c1-9(2)12(13-5)8-11-6-7-15(14-11)10(3)4/h6-7,9-10,12-13H,8H2,1-5H3. The summed E-state index contributed by atoms with van der Waals surface area (Å²) in [5.41, 5.74) is 1.18. The molecule has 0 saturated heterocycles. The fourth-order valence-corrected chi connectivity index (χ4v) is 1.67. The van der Waals surface area contributed by atoms with Crippen LogP contribution in [0.25, 0.3) is 0 Å². The molecule has 1 aromatic rings.